The molecule has 0 unspecified atom stereocenters. The molecule has 1 amide bonds. The van der Waals surface area contributed by atoms with E-state index in [0.717, 1.165) is 11.8 Å². The van der Waals surface area contributed by atoms with Crippen molar-refractivity contribution in [2.24, 2.45) is 0 Å². The van der Waals surface area contributed by atoms with E-state index in [4.69, 9.17) is 0 Å². The molecule has 3 aromatic carbocycles. The van der Waals surface area contributed by atoms with E-state index in [9.17, 15) is 28.5 Å². The monoisotopic (exact) mass is 498 g/mol. The van der Waals surface area contributed by atoms with Gasteiger partial charge in [0.15, 0.2) is 5.16 Å². The van der Waals surface area contributed by atoms with Crippen molar-refractivity contribution >= 4 is 39.9 Å². The maximum absolute atomic E-state index is 13.3. The number of carbonyl (C=O) groups excluding carboxylic acids is 1. The van der Waals surface area contributed by atoms with Crippen LogP contribution in [0.5, 0.6) is 5.75 Å². The number of hydrogen-bond acceptors (Lipinski definition) is 7. The predicted molar refractivity (Wildman–Crippen MR) is 126 cm³/mol. The van der Waals surface area contributed by atoms with E-state index in [-0.39, 0.29) is 28.0 Å². The zero-order valence-corrected chi connectivity index (χ0v) is 18.6. The van der Waals surface area contributed by atoms with Crippen LogP contribution in [0, 0.1) is 10.1 Å². The predicted octanol–water partition coefficient (Wildman–Crippen LogP) is 4.63. The van der Waals surface area contributed by atoms with E-state index in [1.807, 2.05) is 0 Å². The van der Waals surface area contributed by atoms with Crippen molar-refractivity contribution in [2.75, 3.05) is 11.1 Å². The summed E-state index contributed by atoms with van der Waals surface area (Å²) in [6.45, 7) is -2.99. The fraction of sp³-hybridized carbons (Fsp3) is 0.0870. The van der Waals surface area contributed by atoms with Crippen LogP contribution in [-0.2, 0) is 4.79 Å². The lowest BCUT2D eigenvalue weighted by atomic mass is 10.2. The molecule has 0 atom stereocenters. The molecule has 0 aliphatic carbocycles. The van der Waals surface area contributed by atoms with Gasteiger partial charge < -0.3 is 10.1 Å². The van der Waals surface area contributed by atoms with E-state index >= 15 is 0 Å². The molecule has 1 aromatic heterocycles. The molecule has 0 fully saturated rings. The van der Waals surface area contributed by atoms with Gasteiger partial charge in [-0.15, -0.1) is 0 Å². The number of fused-ring (bicyclic) bond motifs is 1. The lowest BCUT2D eigenvalue weighted by Gasteiger charge is -2.14. The van der Waals surface area contributed by atoms with Crippen LogP contribution >= 0.6 is 11.8 Å². The number of ether oxygens (including phenoxy) is 1. The van der Waals surface area contributed by atoms with Crippen LogP contribution in [0.15, 0.2) is 82.7 Å². The molecule has 1 heterocycles. The van der Waals surface area contributed by atoms with E-state index in [1.54, 1.807) is 30.3 Å². The lowest BCUT2D eigenvalue weighted by Crippen LogP contribution is -2.23. The second-order valence-corrected chi connectivity index (χ2v) is 7.98. The number of alkyl halides is 2. The van der Waals surface area contributed by atoms with Crippen LogP contribution in [0.25, 0.3) is 16.6 Å². The summed E-state index contributed by atoms with van der Waals surface area (Å²) in [6, 6.07) is 17.8. The molecular formula is C23H16F2N4O5S. The molecule has 9 nitrogen and oxygen atoms in total. The van der Waals surface area contributed by atoms with Crippen molar-refractivity contribution in [3.8, 4) is 11.4 Å². The summed E-state index contributed by atoms with van der Waals surface area (Å²) in [7, 11) is 0. The standard InChI is InChI=1S/C23H16F2N4O5S/c24-22(25)34-15-11-9-14(10-12-15)28-21(31)16-5-1-2-6-17(16)27-23(28)35-13-20(30)26-18-7-3-4-8-19(18)29(32)33/h1-12,22H,13H2,(H,26,30). The van der Waals surface area contributed by atoms with Gasteiger partial charge in [-0.05, 0) is 42.5 Å². The van der Waals surface area contributed by atoms with E-state index in [0.29, 0.717) is 16.6 Å². The van der Waals surface area contributed by atoms with Crippen LogP contribution in [0.4, 0.5) is 20.2 Å². The van der Waals surface area contributed by atoms with E-state index in [2.05, 4.69) is 15.0 Å². The fourth-order valence-electron chi connectivity index (χ4n) is 3.27. The molecule has 0 bridgehead atoms. The van der Waals surface area contributed by atoms with Crippen molar-refractivity contribution in [1.29, 1.82) is 0 Å². The first kappa shape index (κ1) is 23.8. The Kier molecular flexibility index (Phi) is 7.01. The van der Waals surface area contributed by atoms with Crippen molar-refractivity contribution in [3.05, 3.63) is 93.3 Å². The van der Waals surface area contributed by atoms with Gasteiger partial charge in [-0.3, -0.25) is 24.3 Å². The number of nitrogens with zero attached hydrogens (tertiary/aromatic N) is 3. The molecule has 0 saturated carbocycles. The molecule has 0 spiro atoms. The van der Waals surface area contributed by atoms with Gasteiger partial charge in [-0.25, -0.2) is 4.98 Å². The molecule has 0 aliphatic heterocycles. The third-order valence-electron chi connectivity index (χ3n) is 4.77. The van der Waals surface area contributed by atoms with Crippen LogP contribution in [0.3, 0.4) is 0 Å². The number of nitro benzene ring substituents is 1. The Hall–Kier alpha value is -4.32. The van der Waals surface area contributed by atoms with Crippen LogP contribution in [0.1, 0.15) is 0 Å². The Morgan fingerprint density at radius 3 is 2.49 bits per heavy atom. The number of nitro groups is 1. The molecule has 0 saturated heterocycles. The number of rotatable bonds is 8. The molecule has 0 radical (unpaired) electrons. The lowest BCUT2D eigenvalue weighted by molar-refractivity contribution is -0.383. The van der Waals surface area contributed by atoms with Crippen molar-refractivity contribution in [1.82, 2.24) is 9.55 Å². The Balaban J connectivity index is 1.65. The second kappa shape index (κ2) is 10.3. The van der Waals surface area contributed by atoms with Crippen LogP contribution in [0.2, 0.25) is 0 Å². The molecular weight excluding hydrogens is 482 g/mol. The van der Waals surface area contributed by atoms with Gasteiger partial charge in [0.1, 0.15) is 11.4 Å². The topological polar surface area (TPSA) is 116 Å². The average molecular weight is 498 g/mol. The van der Waals surface area contributed by atoms with E-state index < -0.39 is 23.0 Å². The minimum absolute atomic E-state index is 0.0431. The van der Waals surface area contributed by atoms with Gasteiger partial charge in [0, 0.05) is 6.07 Å². The number of benzene rings is 3. The highest BCUT2D eigenvalue weighted by Gasteiger charge is 2.18. The van der Waals surface area contributed by atoms with Crippen LogP contribution in [-0.4, -0.2) is 32.7 Å². The molecule has 1 N–H and O–H groups in total. The summed E-state index contributed by atoms with van der Waals surface area (Å²) < 4.78 is 30.6. The Bertz CT molecular complexity index is 1460. The van der Waals surface area contributed by atoms with Gasteiger partial charge >= 0.3 is 6.61 Å². The number of thioether (sulfide) groups is 1. The van der Waals surface area contributed by atoms with Crippen molar-refractivity contribution in [2.45, 2.75) is 11.8 Å². The Labute approximate surface area is 200 Å². The average Bonchev–Trinajstić information content (AvgIpc) is 2.83. The fourth-order valence-corrected chi connectivity index (χ4v) is 4.08. The first-order valence-electron chi connectivity index (χ1n) is 10.1. The maximum atomic E-state index is 13.3. The maximum Gasteiger partial charge on any atom is 0.387 e. The Morgan fingerprint density at radius 2 is 1.77 bits per heavy atom. The van der Waals surface area contributed by atoms with Crippen LogP contribution < -0.4 is 15.6 Å². The molecule has 4 aromatic rings. The number of para-hydroxylation sites is 3. The zero-order valence-electron chi connectivity index (χ0n) is 17.8. The highest BCUT2D eigenvalue weighted by Crippen LogP contribution is 2.26. The summed E-state index contributed by atoms with van der Waals surface area (Å²) in [4.78, 5) is 40.9. The largest absolute Gasteiger partial charge is 0.435 e. The number of anilines is 1. The first-order valence-corrected chi connectivity index (χ1v) is 11.0. The highest BCUT2D eigenvalue weighted by molar-refractivity contribution is 7.99. The SMILES string of the molecule is O=C(CSc1nc2ccccc2c(=O)n1-c1ccc(OC(F)F)cc1)Nc1ccccc1[N+](=O)[O-]. The molecule has 4 rings (SSSR count). The number of carbonyl (C=O) groups is 1. The zero-order chi connectivity index (χ0) is 24.9. The number of nitrogens with one attached hydrogen (secondary N) is 1. The third kappa shape index (κ3) is 5.44. The van der Waals surface area contributed by atoms with Gasteiger partial charge in [0.2, 0.25) is 5.91 Å². The van der Waals surface area contributed by atoms with E-state index in [1.165, 1.54) is 47.0 Å². The first-order chi connectivity index (χ1) is 16.8. The summed E-state index contributed by atoms with van der Waals surface area (Å²) in [5.41, 5.74) is 0.114. The number of hydrogen-bond donors (Lipinski definition) is 1. The van der Waals surface area contributed by atoms with Gasteiger partial charge in [-0.2, -0.15) is 8.78 Å². The van der Waals surface area contributed by atoms with Crippen molar-refractivity contribution < 1.29 is 23.2 Å². The smallest absolute Gasteiger partial charge is 0.387 e. The van der Waals surface area contributed by atoms with Gasteiger partial charge in [0.25, 0.3) is 11.2 Å². The number of aromatic nitrogens is 2. The second-order valence-electron chi connectivity index (χ2n) is 7.04. The van der Waals surface area contributed by atoms with Gasteiger partial charge in [0.05, 0.1) is 27.3 Å². The highest BCUT2D eigenvalue weighted by atomic mass is 32.2. The summed E-state index contributed by atoms with van der Waals surface area (Å²) in [6.07, 6.45) is 0. The number of halogens is 2. The molecule has 12 heteroatoms. The quantitative estimate of drug-likeness (QED) is 0.163. The molecule has 0 aliphatic rings. The summed E-state index contributed by atoms with van der Waals surface area (Å²) >= 11 is 0.946. The molecule has 178 valence electrons. The van der Waals surface area contributed by atoms with Gasteiger partial charge in [-0.1, -0.05) is 36.0 Å². The summed E-state index contributed by atoms with van der Waals surface area (Å²) in [5.74, 6) is -0.828. The van der Waals surface area contributed by atoms with Crippen molar-refractivity contribution in [3.63, 3.8) is 0 Å². The normalized spacial score (nSPS) is 10.9. The third-order valence-corrected chi connectivity index (χ3v) is 5.71. The molecule has 35 heavy (non-hydrogen) atoms. The number of amides is 1. The minimum Gasteiger partial charge on any atom is -0.435 e. The summed E-state index contributed by atoms with van der Waals surface area (Å²) in [5, 5.41) is 14.2. The Morgan fingerprint density at radius 1 is 1.09 bits per heavy atom. The minimum atomic E-state index is -2.99.